The molecule has 0 bridgehead atoms. The van der Waals surface area contributed by atoms with Crippen molar-refractivity contribution in [2.24, 2.45) is 5.92 Å². The molecule has 0 unspecified atom stereocenters. The van der Waals surface area contributed by atoms with E-state index in [2.05, 4.69) is 0 Å². The molecular weight excluding hydrogens is 88.1 g/mol. The minimum atomic E-state index is -0.0833. The average Bonchev–Trinajstić information content (AvgIpc) is 1.67. The molecular formula is C6H14O. The summed E-state index contributed by atoms with van der Waals surface area (Å²) in [6, 6.07) is 0. The zero-order chi connectivity index (χ0) is 6.57. The van der Waals surface area contributed by atoms with Crippen LogP contribution in [-0.4, -0.2) is 11.7 Å². The minimum Gasteiger partial charge on any atom is -0.396 e. The lowest BCUT2D eigenvalue weighted by Gasteiger charge is -1.98. The zero-order valence-corrected chi connectivity index (χ0v) is 5.02. The van der Waals surface area contributed by atoms with E-state index in [4.69, 9.17) is 6.48 Å². The van der Waals surface area contributed by atoms with Crippen molar-refractivity contribution in [1.29, 1.82) is 0 Å². The number of aliphatic hydroxyl groups excluding tert-OH is 1. The third-order valence-corrected chi connectivity index (χ3v) is 0.767. The van der Waals surface area contributed by atoms with Gasteiger partial charge in [0.1, 0.15) is 0 Å². The molecule has 0 aliphatic heterocycles. The SMILES string of the molecule is [2H][C@H](CCO)C(C)C. The number of rotatable bonds is 3. The lowest BCUT2D eigenvalue weighted by atomic mass is 10.1. The molecule has 0 radical (unpaired) electrons. The highest BCUT2D eigenvalue weighted by Crippen LogP contribution is 2.00. The molecule has 7 heavy (non-hydrogen) atoms. The van der Waals surface area contributed by atoms with Gasteiger partial charge >= 0.3 is 0 Å². The first-order chi connectivity index (χ1) is 3.68. The predicted octanol–water partition coefficient (Wildman–Crippen LogP) is 1.41. The number of aliphatic hydroxyl groups is 1. The molecule has 1 atom stereocenters. The topological polar surface area (TPSA) is 20.2 Å². The smallest absolute Gasteiger partial charge is 0.0431 e. The van der Waals surface area contributed by atoms with Gasteiger partial charge in [-0.1, -0.05) is 13.8 Å². The van der Waals surface area contributed by atoms with Gasteiger partial charge in [-0.15, -0.1) is 0 Å². The first-order valence-electron chi connectivity index (χ1n) is 3.29. The second kappa shape index (κ2) is 4.13. The molecule has 0 aromatic heterocycles. The van der Waals surface area contributed by atoms with E-state index < -0.39 is 0 Å². The van der Waals surface area contributed by atoms with Crippen molar-refractivity contribution in [1.82, 2.24) is 0 Å². The fourth-order valence-electron chi connectivity index (χ4n) is 0.408. The van der Waals surface area contributed by atoms with E-state index in [-0.39, 0.29) is 13.0 Å². The average molecular weight is 103 g/mol. The van der Waals surface area contributed by atoms with Gasteiger partial charge in [0, 0.05) is 7.98 Å². The Bertz CT molecular complexity index is 54.5. The van der Waals surface area contributed by atoms with Crippen molar-refractivity contribution in [2.45, 2.75) is 26.7 Å². The largest absolute Gasteiger partial charge is 0.396 e. The van der Waals surface area contributed by atoms with Gasteiger partial charge in [-0.3, -0.25) is 0 Å². The molecule has 0 saturated carbocycles. The van der Waals surface area contributed by atoms with Crippen LogP contribution in [0.5, 0.6) is 0 Å². The molecule has 0 spiro atoms. The molecule has 0 fully saturated rings. The summed E-state index contributed by atoms with van der Waals surface area (Å²) in [4.78, 5) is 0. The Hall–Kier alpha value is -0.0400. The monoisotopic (exact) mass is 103 g/mol. The first-order valence-corrected chi connectivity index (χ1v) is 2.71. The Labute approximate surface area is 46.8 Å². The molecule has 0 aliphatic carbocycles. The van der Waals surface area contributed by atoms with Gasteiger partial charge in [0.2, 0.25) is 0 Å². The Kier molecular flexibility index (Phi) is 3.01. The Morgan fingerprint density at radius 2 is 2.29 bits per heavy atom. The molecule has 1 nitrogen and oxygen atoms in total. The highest BCUT2D eigenvalue weighted by molar-refractivity contribution is 4.42. The third kappa shape index (κ3) is 5.96. The quantitative estimate of drug-likeness (QED) is 0.572. The molecule has 0 heterocycles. The summed E-state index contributed by atoms with van der Waals surface area (Å²) in [6.45, 7) is 4.13. The Morgan fingerprint density at radius 3 is 2.43 bits per heavy atom. The maximum Gasteiger partial charge on any atom is 0.0431 e. The van der Waals surface area contributed by atoms with E-state index in [0.717, 1.165) is 0 Å². The standard InChI is InChI=1S/C6H14O/c1-6(2)4-3-5-7/h6-7H,3-5H2,1-2H3/i4D/t4-/m1/s1. The number of hydrogen-bond acceptors (Lipinski definition) is 1. The van der Waals surface area contributed by atoms with Crippen LogP contribution in [0.25, 0.3) is 0 Å². The minimum absolute atomic E-state index is 0.0833. The maximum atomic E-state index is 8.37. The molecule has 1 heteroatoms. The second-order valence-corrected chi connectivity index (χ2v) is 1.99. The molecule has 0 aliphatic rings. The van der Waals surface area contributed by atoms with Crippen LogP contribution in [0.4, 0.5) is 0 Å². The molecule has 44 valence electrons. The molecule has 0 aromatic carbocycles. The van der Waals surface area contributed by atoms with Crippen LogP contribution >= 0.6 is 0 Å². The lowest BCUT2D eigenvalue weighted by molar-refractivity contribution is 0.276. The van der Waals surface area contributed by atoms with E-state index in [0.29, 0.717) is 12.3 Å². The van der Waals surface area contributed by atoms with E-state index in [9.17, 15) is 0 Å². The van der Waals surface area contributed by atoms with Crippen molar-refractivity contribution in [3.8, 4) is 0 Å². The summed E-state index contributed by atoms with van der Waals surface area (Å²) in [5, 5.41) is 8.37. The van der Waals surface area contributed by atoms with Crippen molar-refractivity contribution < 1.29 is 6.48 Å². The van der Waals surface area contributed by atoms with Gasteiger partial charge < -0.3 is 5.11 Å². The van der Waals surface area contributed by atoms with Crippen LogP contribution in [0.3, 0.4) is 0 Å². The first kappa shape index (κ1) is 5.10. The van der Waals surface area contributed by atoms with E-state index in [1.165, 1.54) is 0 Å². The summed E-state index contributed by atoms with van der Waals surface area (Å²) in [7, 11) is 0. The van der Waals surface area contributed by atoms with Crippen molar-refractivity contribution >= 4 is 0 Å². The normalized spacial score (nSPS) is 16.9. The van der Waals surface area contributed by atoms with Gasteiger partial charge in [0.15, 0.2) is 0 Å². The van der Waals surface area contributed by atoms with Gasteiger partial charge in [0.25, 0.3) is 0 Å². The molecule has 1 N–H and O–H groups in total. The molecule has 0 amide bonds. The number of hydrogen-bond donors (Lipinski definition) is 1. The van der Waals surface area contributed by atoms with Gasteiger partial charge in [-0.2, -0.15) is 0 Å². The summed E-state index contributed by atoms with van der Waals surface area (Å²) in [5.41, 5.74) is 0. The molecule has 0 aromatic rings. The van der Waals surface area contributed by atoms with E-state index in [1.807, 2.05) is 13.8 Å². The van der Waals surface area contributed by atoms with Gasteiger partial charge in [-0.25, -0.2) is 0 Å². The summed E-state index contributed by atoms with van der Waals surface area (Å²) in [6.07, 6.45) is 0.525. The van der Waals surface area contributed by atoms with Crippen LogP contribution in [0, 0.1) is 5.92 Å². The fourth-order valence-corrected chi connectivity index (χ4v) is 0.408. The highest BCUT2D eigenvalue weighted by atomic mass is 16.2. The van der Waals surface area contributed by atoms with E-state index >= 15 is 0 Å². The van der Waals surface area contributed by atoms with E-state index in [1.54, 1.807) is 0 Å². The van der Waals surface area contributed by atoms with Crippen LogP contribution in [0.2, 0.25) is 0 Å². The summed E-state index contributed by atoms with van der Waals surface area (Å²) < 4.78 is 7.27. The molecule has 0 rings (SSSR count). The van der Waals surface area contributed by atoms with Crippen LogP contribution < -0.4 is 0 Å². The van der Waals surface area contributed by atoms with Crippen LogP contribution in [-0.2, 0) is 0 Å². The maximum absolute atomic E-state index is 8.37. The lowest BCUT2D eigenvalue weighted by Crippen LogP contribution is -1.89. The highest BCUT2D eigenvalue weighted by Gasteiger charge is 1.89. The van der Waals surface area contributed by atoms with Crippen LogP contribution in [0.1, 0.15) is 28.0 Å². The van der Waals surface area contributed by atoms with Crippen molar-refractivity contribution in [2.75, 3.05) is 6.61 Å². The Balaban J connectivity index is 3.17. The molecule has 0 saturated heterocycles. The van der Waals surface area contributed by atoms with Crippen molar-refractivity contribution in [3.05, 3.63) is 0 Å². The predicted molar refractivity (Wildman–Crippen MR) is 31.2 cm³/mol. The third-order valence-electron chi connectivity index (χ3n) is 0.767. The van der Waals surface area contributed by atoms with Crippen LogP contribution in [0.15, 0.2) is 0 Å². The van der Waals surface area contributed by atoms with Gasteiger partial charge in [0.05, 0.1) is 0 Å². The zero-order valence-electron chi connectivity index (χ0n) is 6.02. The summed E-state index contributed by atoms with van der Waals surface area (Å²) >= 11 is 0. The van der Waals surface area contributed by atoms with Crippen molar-refractivity contribution in [3.63, 3.8) is 0 Å². The fraction of sp³-hybridized carbons (Fsp3) is 1.00. The Morgan fingerprint density at radius 1 is 1.71 bits per heavy atom. The van der Waals surface area contributed by atoms with Gasteiger partial charge in [-0.05, 0) is 18.7 Å². The summed E-state index contributed by atoms with van der Waals surface area (Å²) in [5.74, 6) is 0.377. The second-order valence-electron chi connectivity index (χ2n) is 1.99.